The minimum atomic E-state index is -1.02. The van der Waals surface area contributed by atoms with E-state index in [2.05, 4.69) is 11.8 Å². The lowest BCUT2D eigenvalue weighted by molar-refractivity contribution is 0.0657. The lowest BCUT2D eigenvalue weighted by atomic mass is 10.2. The molecule has 0 bridgehead atoms. The number of carboxylic acid groups (broad SMARTS) is 1. The van der Waals surface area contributed by atoms with Gasteiger partial charge in [0.05, 0.1) is 6.04 Å². The Morgan fingerprint density at radius 2 is 2.27 bits per heavy atom. The van der Waals surface area contributed by atoms with Gasteiger partial charge in [0.1, 0.15) is 5.76 Å². The van der Waals surface area contributed by atoms with Gasteiger partial charge in [-0.25, -0.2) is 4.79 Å². The van der Waals surface area contributed by atoms with Crippen molar-refractivity contribution in [3.8, 4) is 0 Å². The molecule has 0 spiro atoms. The van der Waals surface area contributed by atoms with E-state index in [9.17, 15) is 4.79 Å². The predicted octanol–water partition coefficient (Wildman–Crippen LogP) is 2.38. The van der Waals surface area contributed by atoms with E-state index in [1.54, 1.807) is 6.07 Å². The van der Waals surface area contributed by atoms with Crippen LogP contribution in [-0.4, -0.2) is 29.6 Å². The van der Waals surface area contributed by atoms with Crippen LogP contribution in [0.3, 0.4) is 0 Å². The number of hydrogen-bond acceptors (Lipinski definition) is 3. The zero-order valence-electron chi connectivity index (χ0n) is 9.36. The number of carboxylic acids is 1. The zero-order valence-corrected chi connectivity index (χ0v) is 9.36. The average Bonchev–Trinajstić information content (AvgIpc) is 2.65. The van der Waals surface area contributed by atoms with E-state index in [0.29, 0.717) is 5.76 Å². The van der Waals surface area contributed by atoms with E-state index in [-0.39, 0.29) is 11.8 Å². The molecule has 0 saturated heterocycles. The Balaban J connectivity index is 2.73. The number of rotatable bonds is 5. The molecule has 0 aromatic carbocycles. The molecule has 4 nitrogen and oxygen atoms in total. The quantitative estimate of drug-likeness (QED) is 0.812. The second-order valence-corrected chi connectivity index (χ2v) is 3.66. The van der Waals surface area contributed by atoms with E-state index in [4.69, 9.17) is 9.52 Å². The first-order valence-corrected chi connectivity index (χ1v) is 5.09. The monoisotopic (exact) mass is 211 g/mol. The third kappa shape index (κ3) is 2.83. The second-order valence-electron chi connectivity index (χ2n) is 3.66. The van der Waals surface area contributed by atoms with Gasteiger partial charge in [-0.1, -0.05) is 6.92 Å². The Labute approximate surface area is 89.5 Å². The highest BCUT2D eigenvalue weighted by molar-refractivity contribution is 5.84. The molecule has 1 unspecified atom stereocenters. The maximum absolute atomic E-state index is 10.6. The lowest BCUT2D eigenvalue weighted by Gasteiger charge is -2.21. The third-order valence-electron chi connectivity index (χ3n) is 2.49. The van der Waals surface area contributed by atoms with E-state index in [1.165, 1.54) is 6.07 Å². The molecule has 0 saturated carbocycles. The SMILES string of the molecule is CCCN(C)C(C)c1ccc(C(=O)O)o1. The van der Waals surface area contributed by atoms with Gasteiger partial charge in [0.25, 0.3) is 0 Å². The highest BCUT2D eigenvalue weighted by atomic mass is 16.4. The van der Waals surface area contributed by atoms with Crippen LogP contribution in [0.1, 0.15) is 42.6 Å². The molecule has 1 atom stereocenters. The molecule has 1 N–H and O–H groups in total. The van der Waals surface area contributed by atoms with Crippen molar-refractivity contribution in [3.63, 3.8) is 0 Å². The highest BCUT2D eigenvalue weighted by Gasteiger charge is 2.16. The standard InChI is InChI=1S/C11H17NO3/c1-4-7-12(3)8(2)9-5-6-10(15-9)11(13)14/h5-6,8H,4,7H2,1-3H3,(H,13,14). The van der Waals surface area contributed by atoms with Gasteiger partial charge in [-0.05, 0) is 39.1 Å². The van der Waals surface area contributed by atoms with Crippen LogP contribution in [-0.2, 0) is 0 Å². The Bertz CT molecular complexity index is 332. The molecule has 4 heteroatoms. The number of carbonyl (C=O) groups is 1. The summed E-state index contributed by atoms with van der Waals surface area (Å²) >= 11 is 0. The number of hydrogen-bond donors (Lipinski definition) is 1. The molecule has 15 heavy (non-hydrogen) atoms. The van der Waals surface area contributed by atoms with E-state index >= 15 is 0 Å². The first-order valence-electron chi connectivity index (χ1n) is 5.09. The zero-order chi connectivity index (χ0) is 11.4. The summed E-state index contributed by atoms with van der Waals surface area (Å²) in [5.74, 6) is -0.323. The Hall–Kier alpha value is -1.29. The van der Waals surface area contributed by atoms with E-state index in [1.807, 2.05) is 14.0 Å². The summed E-state index contributed by atoms with van der Waals surface area (Å²) in [4.78, 5) is 12.8. The molecule has 0 radical (unpaired) electrons. The number of aromatic carboxylic acids is 1. The van der Waals surface area contributed by atoms with Crippen LogP contribution >= 0.6 is 0 Å². The van der Waals surface area contributed by atoms with Crippen molar-refractivity contribution < 1.29 is 14.3 Å². The summed E-state index contributed by atoms with van der Waals surface area (Å²) in [7, 11) is 2.00. The fourth-order valence-corrected chi connectivity index (χ4v) is 1.46. The summed E-state index contributed by atoms with van der Waals surface area (Å²) in [6.07, 6.45) is 1.06. The molecular weight excluding hydrogens is 194 g/mol. The summed E-state index contributed by atoms with van der Waals surface area (Å²) in [5, 5.41) is 8.71. The second kappa shape index (κ2) is 4.98. The molecule has 0 amide bonds. The topological polar surface area (TPSA) is 53.7 Å². The van der Waals surface area contributed by atoms with Crippen molar-refractivity contribution in [2.24, 2.45) is 0 Å². The molecule has 1 heterocycles. The van der Waals surface area contributed by atoms with Gasteiger partial charge in [-0.3, -0.25) is 4.90 Å². The van der Waals surface area contributed by atoms with Gasteiger partial charge < -0.3 is 9.52 Å². The summed E-state index contributed by atoms with van der Waals surface area (Å²) < 4.78 is 5.23. The van der Waals surface area contributed by atoms with Crippen LogP contribution in [0.4, 0.5) is 0 Å². The molecule has 1 aromatic rings. The Kier molecular flexibility index (Phi) is 3.91. The molecule has 0 fully saturated rings. The average molecular weight is 211 g/mol. The summed E-state index contributed by atoms with van der Waals surface area (Å²) in [5.41, 5.74) is 0. The van der Waals surface area contributed by atoms with Gasteiger partial charge in [0.2, 0.25) is 5.76 Å². The number of furan rings is 1. The van der Waals surface area contributed by atoms with Gasteiger partial charge in [-0.2, -0.15) is 0 Å². The largest absolute Gasteiger partial charge is 0.475 e. The smallest absolute Gasteiger partial charge is 0.371 e. The van der Waals surface area contributed by atoms with E-state index < -0.39 is 5.97 Å². The Morgan fingerprint density at radius 3 is 2.73 bits per heavy atom. The molecule has 84 valence electrons. The van der Waals surface area contributed by atoms with Crippen LogP contribution < -0.4 is 0 Å². The minimum absolute atomic E-state index is 0.00162. The first-order chi connectivity index (χ1) is 7.06. The maximum atomic E-state index is 10.6. The van der Waals surface area contributed by atoms with Gasteiger partial charge in [-0.15, -0.1) is 0 Å². The fourth-order valence-electron chi connectivity index (χ4n) is 1.46. The maximum Gasteiger partial charge on any atom is 0.371 e. The molecule has 0 aliphatic rings. The Morgan fingerprint density at radius 1 is 1.60 bits per heavy atom. The van der Waals surface area contributed by atoms with Crippen molar-refractivity contribution in [2.45, 2.75) is 26.3 Å². The van der Waals surface area contributed by atoms with Crippen molar-refractivity contribution in [1.82, 2.24) is 4.90 Å². The molecule has 1 rings (SSSR count). The van der Waals surface area contributed by atoms with Crippen LogP contribution in [0.5, 0.6) is 0 Å². The van der Waals surface area contributed by atoms with Crippen molar-refractivity contribution in [1.29, 1.82) is 0 Å². The molecule has 0 aliphatic carbocycles. The van der Waals surface area contributed by atoms with Gasteiger partial charge in [0.15, 0.2) is 0 Å². The molecule has 0 aliphatic heterocycles. The van der Waals surface area contributed by atoms with Crippen LogP contribution in [0, 0.1) is 0 Å². The summed E-state index contributed by atoms with van der Waals surface area (Å²) in [6, 6.07) is 3.33. The molecule has 1 aromatic heterocycles. The minimum Gasteiger partial charge on any atom is -0.475 e. The van der Waals surface area contributed by atoms with Crippen LogP contribution in [0.25, 0.3) is 0 Å². The van der Waals surface area contributed by atoms with Crippen molar-refractivity contribution in [3.05, 3.63) is 23.7 Å². The molecular formula is C11H17NO3. The van der Waals surface area contributed by atoms with Crippen LogP contribution in [0.15, 0.2) is 16.5 Å². The normalized spacial score (nSPS) is 13.1. The fraction of sp³-hybridized carbons (Fsp3) is 0.545. The van der Waals surface area contributed by atoms with Crippen molar-refractivity contribution in [2.75, 3.05) is 13.6 Å². The van der Waals surface area contributed by atoms with Crippen LogP contribution in [0.2, 0.25) is 0 Å². The van der Waals surface area contributed by atoms with Gasteiger partial charge >= 0.3 is 5.97 Å². The van der Waals surface area contributed by atoms with E-state index in [0.717, 1.165) is 13.0 Å². The van der Waals surface area contributed by atoms with Crippen molar-refractivity contribution >= 4 is 5.97 Å². The predicted molar refractivity (Wildman–Crippen MR) is 57.0 cm³/mol. The first kappa shape index (κ1) is 11.8. The lowest BCUT2D eigenvalue weighted by Crippen LogP contribution is -2.22. The third-order valence-corrected chi connectivity index (χ3v) is 2.49. The summed E-state index contributed by atoms with van der Waals surface area (Å²) in [6.45, 7) is 5.07. The number of nitrogens with zero attached hydrogens (tertiary/aromatic N) is 1. The highest BCUT2D eigenvalue weighted by Crippen LogP contribution is 2.21. The van der Waals surface area contributed by atoms with Gasteiger partial charge in [0, 0.05) is 0 Å².